The third-order valence-electron chi connectivity index (χ3n) is 5.08. The lowest BCUT2D eigenvalue weighted by molar-refractivity contribution is -0.138. The second kappa shape index (κ2) is 13.3. The lowest BCUT2D eigenvalue weighted by Gasteiger charge is -2.30. The molecule has 0 radical (unpaired) electrons. The van der Waals surface area contributed by atoms with E-state index >= 15 is 0 Å². The van der Waals surface area contributed by atoms with Gasteiger partial charge < -0.3 is 10.0 Å². The molecule has 3 rings (SSSR count). The number of aromatic nitrogens is 2. The molecule has 1 aromatic carbocycles. The normalized spacial score (nSPS) is 14.5. The molecule has 0 spiro atoms. The molecule has 8 nitrogen and oxygen atoms in total. The zero-order chi connectivity index (χ0) is 26.2. The van der Waals surface area contributed by atoms with E-state index in [0.717, 1.165) is 13.2 Å². The van der Waals surface area contributed by atoms with Crippen molar-refractivity contribution in [3.63, 3.8) is 0 Å². The average molecular weight is 644 g/mol. The van der Waals surface area contributed by atoms with E-state index in [0.29, 0.717) is 48.9 Å². The molecule has 1 aliphatic rings. The van der Waals surface area contributed by atoms with E-state index in [-0.39, 0.29) is 29.4 Å². The zero-order valence-electron chi connectivity index (χ0n) is 18.8. The van der Waals surface area contributed by atoms with Crippen molar-refractivity contribution >= 4 is 58.8 Å². The number of halogens is 5. The lowest BCUT2D eigenvalue weighted by atomic mass is 10.0. The number of hydrogen-bond acceptors (Lipinski definition) is 7. The van der Waals surface area contributed by atoms with Crippen molar-refractivity contribution in [1.82, 2.24) is 19.5 Å². The van der Waals surface area contributed by atoms with Gasteiger partial charge in [0.2, 0.25) is 0 Å². The molecule has 0 amide bonds. The van der Waals surface area contributed by atoms with Crippen LogP contribution in [0.4, 0.5) is 13.2 Å². The van der Waals surface area contributed by atoms with E-state index in [1.165, 1.54) is 29.1 Å². The fourth-order valence-corrected chi connectivity index (χ4v) is 4.21. The molecule has 0 fully saturated rings. The van der Waals surface area contributed by atoms with Crippen molar-refractivity contribution in [3.8, 4) is 0 Å². The Kier molecular flexibility index (Phi) is 11.1. The first-order valence-corrected chi connectivity index (χ1v) is 14.5. The SMILES string of the molecule is CN(/N=C\C(=C(\Cl)C=O)N1CCc2c(c(C=O)nn2Cc2ccccc2C(F)(F)F)C1)PI.CO. The second-order valence-electron chi connectivity index (χ2n) is 7.12. The van der Waals surface area contributed by atoms with Crippen LogP contribution >= 0.6 is 40.0 Å². The number of nitrogens with zero attached hydrogens (tertiary/aromatic N) is 5. The smallest absolute Gasteiger partial charge is 0.400 e. The van der Waals surface area contributed by atoms with E-state index in [1.54, 1.807) is 16.7 Å². The first kappa shape index (κ1) is 29.2. The van der Waals surface area contributed by atoms with E-state index in [2.05, 4.69) is 32.2 Å². The molecule has 0 aliphatic carbocycles. The van der Waals surface area contributed by atoms with Crippen LogP contribution in [0, 0.1) is 0 Å². The summed E-state index contributed by atoms with van der Waals surface area (Å²) in [4.78, 5) is 24.8. The van der Waals surface area contributed by atoms with Gasteiger partial charge in [-0.3, -0.25) is 19.1 Å². The molecule has 0 saturated carbocycles. The van der Waals surface area contributed by atoms with Crippen LogP contribution in [0.5, 0.6) is 0 Å². The number of fused-ring (bicyclic) bond motifs is 1. The van der Waals surface area contributed by atoms with E-state index in [1.807, 2.05) is 0 Å². The van der Waals surface area contributed by atoms with Crippen molar-refractivity contribution in [3.05, 3.63) is 63.1 Å². The van der Waals surface area contributed by atoms with Gasteiger partial charge >= 0.3 is 6.18 Å². The van der Waals surface area contributed by atoms with E-state index in [4.69, 9.17) is 16.7 Å². The summed E-state index contributed by atoms with van der Waals surface area (Å²) in [6.45, 7) is 0.512. The molecule has 1 N–H and O–H groups in total. The Morgan fingerprint density at radius 1 is 1.34 bits per heavy atom. The van der Waals surface area contributed by atoms with Gasteiger partial charge in [-0.25, -0.2) is 0 Å². The Morgan fingerprint density at radius 3 is 2.63 bits per heavy atom. The highest BCUT2D eigenvalue weighted by Gasteiger charge is 2.34. The third-order valence-corrected chi connectivity index (χ3v) is 7.82. The number of aliphatic hydroxyl groups excluding tert-OH is 1. The van der Waals surface area contributed by atoms with Crippen LogP contribution < -0.4 is 0 Å². The van der Waals surface area contributed by atoms with Gasteiger partial charge in [-0.2, -0.15) is 23.4 Å². The minimum Gasteiger partial charge on any atom is -0.400 e. The molecule has 0 saturated heterocycles. The maximum atomic E-state index is 13.4. The molecular weight excluding hydrogens is 621 g/mol. The van der Waals surface area contributed by atoms with Gasteiger partial charge in [-0.1, -0.05) is 29.8 Å². The van der Waals surface area contributed by atoms with Gasteiger partial charge in [0.05, 0.1) is 30.4 Å². The average Bonchev–Trinajstić information content (AvgIpc) is 3.21. The van der Waals surface area contributed by atoms with Crippen molar-refractivity contribution in [2.45, 2.75) is 25.7 Å². The van der Waals surface area contributed by atoms with Gasteiger partial charge in [-0.15, -0.1) is 0 Å². The number of rotatable bonds is 8. The molecule has 35 heavy (non-hydrogen) atoms. The number of aliphatic hydroxyl groups is 1. The van der Waals surface area contributed by atoms with E-state index in [9.17, 15) is 22.8 Å². The quantitative estimate of drug-likeness (QED) is 0.116. The van der Waals surface area contributed by atoms with Crippen LogP contribution in [-0.4, -0.2) is 64.1 Å². The first-order chi connectivity index (χ1) is 16.7. The molecular formula is C21H23ClF3IN5O3P. The maximum Gasteiger partial charge on any atom is 0.416 e. The summed E-state index contributed by atoms with van der Waals surface area (Å²) in [6, 6.07) is 5.30. The number of carbonyl (C=O) groups is 2. The zero-order valence-corrected chi connectivity index (χ0v) is 22.7. The highest BCUT2D eigenvalue weighted by Crippen LogP contribution is 2.33. The van der Waals surface area contributed by atoms with Crippen LogP contribution in [-0.2, 0) is 30.5 Å². The van der Waals surface area contributed by atoms with Crippen molar-refractivity contribution in [2.24, 2.45) is 5.10 Å². The third kappa shape index (κ3) is 7.25. The molecule has 1 aromatic heterocycles. The summed E-state index contributed by atoms with van der Waals surface area (Å²) in [6.07, 6.45) is -1.14. The molecule has 1 unspecified atom stereocenters. The van der Waals surface area contributed by atoms with Crippen LogP contribution in [0.15, 0.2) is 40.1 Å². The fraction of sp³-hybridized carbons (Fsp3) is 0.333. The minimum absolute atomic E-state index is 0.0356. The van der Waals surface area contributed by atoms with E-state index < -0.39 is 11.7 Å². The molecule has 2 aromatic rings. The molecule has 2 heterocycles. The summed E-state index contributed by atoms with van der Waals surface area (Å²) in [5.41, 5.74) is 1.13. The van der Waals surface area contributed by atoms with Gasteiger partial charge in [0, 0.05) is 44.9 Å². The van der Waals surface area contributed by atoms with Crippen LogP contribution in [0.25, 0.3) is 0 Å². The molecule has 0 bridgehead atoms. The maximum absolute atomic E-state index is 13.4. The topological polar surface area (TPSA) is 91.0 Å². The standard InChI is InChI=1S/C20H19ClF3IN5O2P.CH4O/c1-28(33-25)26-8-19(16(21)11-31)29-7-6-18-14(10-29)17(12-32)27-30(18)9-13-4-2-3-5-15(13)20(22,23)24;1-2/h2-5,8,11-12,33H,6-7,9-10H2,1H3;2H,1H3/b19-16-,26-8-;. The van der Waals surface area contributed by atoms with Crippen molar-refractivity contribution in [2.75, 3.05) is 20.7 Å². The monoisotopic (exact) mass is 643 g/mol. The van der Waals surface area contributed by atoms with Crippen molar-refractivity contribution < 1.29 is 27.9 Å². The summed E-state index contributed by atoms with van der Waals surface area (Å²) in [5.74, 6) is 0. The first-order valence-electron chi connectivity index (χ1n) is 10.1. The predicted octanol–water partition coefficient (Wildman–Crippen LogP) is 4.24. The predicted molar refractivity (Wildman–Crippen MR) is 138 cm³/mol. The van der Waals surface area contributed by atoms with Gasteiger partial charge in [0.1, 0.15) is 10.7 Å². The van der Waals surface area contributed by atoms with Crippen LogP contribution in [0.1, 0.15) is 32.9 Å². The number of aldehydes is 2. The molecule has 1 atom stereocenters. The van der Waals surface area contributed by atoms with Crippen LogP contribution in [0.3, 0.4) is 0 Å². The molecule has 1 aliphatic heterocycles. The number of allylic oxidation sites excluding steroid dienone is 2. The summed E-state index contributed by atoms with van der Waals surface area (Å²) >= 11 is 8.29. The molecule has 190 valence electrons. The number of carbonyl (C=O) groups excluding carboxylic acids is 2. The number of hydrazone groups is 1. The highest BCUT2D eigenvalue weighted by atomic mass is 127. The Hall–Kier alpha value is -2.02. The van der Waals surface area contributed by atoms with Gasteiger partial charge in [0.25, 0.3) is 0 Å². The lowest BCUT2D eigenvalue weighted by Crippen LogP contribution is -2.32. The Bertz CT molecular complexity index is 1110. The van der Waals surface area contributed by atoms with Gasteiger partial charge in [0.15, 0.2) is 12.6 Å². The fourth-order valence-electron chi connectivity index (χ4n) is 3.56. The Balaban J connectivity index is 0.00000210. The summed E-state index contributed by atoms with van der Waals surface area (Å²) < 4.78 is 43.4. The Morgan fingerprint density at radius 2 is 2.03 bits per heavy atom. The summed E-state index contributed by atoms with van der Waals surface area (Å²) in [5, 5.41) is 15.5. The minimum atomic E-state index is -4.50. The number of benzene rings is 1. The van der Waals surface area contributed by atoms with Crippen LogP contribution in [0.2, 0.25) is 0 Å². The van der Waals surface area contributed by atoms with Gasteiger partial charge in [-0.05, 0) is 33.7 Å². The molecule has 14 heteroatoms. The number of hydrogen-bond donors (Lipinski definition) is 1. The number of alkyl halides is 3. The highest BCUT2D eigenvalue weighted by molar-refractivity contribution is 14.2. The second-order valence-corrected chi connectivity index (χ2v) is 9.79. The Labute approximate surface area is 220 Å². The van der Waals surface area contributed by atoms with Crippen molar-refractivity contribution in [1.29, 1.82) is 0 Å². The summed E-state index contributed by atoms with van der Waals surface area (Å²) in [7, 11) is 2.77. The largest absolute Gasteiger partial charge is 0.416 e.